The molecule has 2 atom stereocenters. The molecule has 0 unspecified atom stereocenters. The van der Waals surface area contributed by atoms with Crippen molar-refractivity contribution in [2.24, 2.45) is 0 Å². The zero-order chi connectivity index (χ0) is 14.2. The molecule has 1 aromatic rings. The summed E-state index contributed by atoms with van der Waals surface area (Å²) in [5.41, 5.74) is 0.831. The van der Waals surface area contributed by atoms with E-state index in [4.69, 9.17) is 32.7 Å². The van der Waals surface area contributed by atoms with Gasteiger partial charge in [0.05, 0.1) is 6.61 Å². The Hall–Kier alpha value is -0.320. The summed E-state index contributed by atoms with van der Waals surface area (Å²) in [7, 11) is 0. The highest BCUT2D eigenvalue weighted by atomic mass is 35.5. The summed E-state index contributed by atoms with van der Waals surface area (Å²) in [6.07, 6.45) is 4.47. The minimum atomic E-state index is -0.542. The average Bonchev–Trinajstić information content (AvgIpc) is 2.78. The Morgan fingerprint density at radius 3 is 2.55 bits per heavy atom. The van der Waals surface area contributed by atoms with Gasteiger partial charge in [-0.05, 0) is 25.0 Å². The van der Waals surface area contributed by atoms with Crippen LogP contribution in [0.1, 0.15) is 43.8 Å². The van der Waals surface area contributed by atoms with E-state index in [1.807, 2.05) is 6.07 Å². The molecule has 1 aliphatic carbocycles. The van der Waals surface area contributed by atoms with Crippen molar-refractivity contribution >= 4 is 23.2 Å². The SMILES string of the molecule is OC[C@H]1OC2(CCCCC2)O[C@@H]1c1ccc(Cl)cc1Cl. The second-order valence-corrected chi connectivity index (χ2v) is 6.36. The van der Waals surface area contributed by atoms with E-state index in [2.05, 4.69) is 0 Å². The summed E-state index contributed by atoms with van der Waals surface area (Å²) in [6, 6.07) is 5.33. The van der Waals surface area contributed by atoms with Crippen molar-refractivity contribution in [3.05, 3.63) is 33.8 Å². The van der Waals surface area contributed by atoms with Crippen molar-refractivity contribution in [1.29, 1.82) is 0 Å². The molecule has 3 nitrogen and oxygen atoms in total. The van der Waals surface area contributed by atoms with Gasteiger partial charge in [-0.15, -0.1) is 0 Å². The fourth-order valence-electron chi connectivity index (χ4n) is 3.13. The van der Waals surface area contributed by atoms with Crippen LogP contribution in [0, 0.1) is 0 Å². The van der Waals surface area contributed by atoms with Gasteiger partial charge in [0, 0.05) is 28.5 Å². The van der Waals surface area contributed by atoms with Gasteiger partial charge in [0.1, 0.15) is 12.2 Å². The third kappa shape index (κ3) is 2.70. The molecule has 1 saturated carbocycles. The number of ether oxygens (including phenoxy) is 2. The lowest BCUT2D eigenvalue weighted by Gasteiger charge is -2.32. The first-order valence-corrected chi connectivity index (χ1v) is 7.81. The Kier molecular flexibility index (Phi) is 4.25. The van der Waals surface area contributed by atoms with E-state index < -0.39 is 5.79 Å². The number of aliphatic hydroxyl groups excluding tert-OH is 1. The molecule has 0 amide bonds. The molecule has 1 aliphatic heterocycles. The highest BCUT2D eigenvalue weighted by Gasteiger charge is 2.48. The molecule has 0 bridgehead atoms. The molecule has 2 fully saturated rings. The van der Waals surface area contributed by atoms with Gasteiger partial charge in [0.2, 0.25) is 0 Å². The Bertz CT molecular complexity index is 486. The van der Waals surface area contributed by atoms with Crippen LogP contribution >= 0.6 is 23.2 Å². The molecular weight excluding hydrogens is 299 g/mol. The molecule has 1 N–H and O–H groups in total. The standard InChI is InChI=1S/C15H18Cl2O3/c16-10-4-5-11(12(17)8-10)14-13(9-18)19-15(20-14)6-2-1-3-7-15/h4-5,8,13-14,18H,1-3,6-7,9H2/t13-,14-/m1/s1. The van der Waals surface area contributed by atoms with E-state index in [1.165, 1.54) is 6.42 Å². The van der Waals surface area contributed by atoms with Gasteiger partial charge in [0.15, 0.2) is 5.79 Å². The van der Waals surface area contributed by atoms with Crippen molar-refractivity contribution in [2.45, 2.75) is 50.1 Å². The largest absolute Gasteiger partial charge is 0.394 e. The molecule has 2 aliphatic rings. The summed E-state index contributed by atoms with van der Waals surface area (Å²) in [5, 5.41) is 10.7. The quantitative estimate of drug-likeness (QED) is 0.892. The van der Waals surface area contributed by atoms with E-state index in [0.29, 0.717) is 10.0 Å². The molecule has 1 aromatic carbocycles. The maximum absolute atomic E-state index is 9.58. The number of hydrogen-bond acceptors (Lipinski definition) is 3. The topological polar surface area (TPSA) is 38.7 Å². The van der Waals surface area contributed by atoms with Crippen molar-refractivity contribution in [1.82, 2.24) is 0 Å². The lowest BCUT2D eigenvalue weighted by Crippen LogP contribution is -2.33. The molecular formula is C15H18Cl2O3. The third-order valence-corrected chi connectivity index (χ3v) is 4.67. The van der Waals surface area contributed by atoms with Crippen LogP contribution in [-0.4, -0.2) is 23.6 Å². The first-order chi connectivity index (χ1) is 9.63. The van der Waals surface area contributed by atoms with E-state index >= 15 is 0 Å². The minimum absolute atomic E-state index is 0.0780. The molecule has 1 heterocycles. The van der Waals surface area contributed by atoms with E-state index in [1.54, 1.807) is 12.1 Å². The lowest BCUT2D eigenvalue weighted by molar-refractivity contribution is -0.196. The lowest BCUT2D eigenvalue weighted by atomic mass is 9.94. The molecule has 3 rings (SSSR count). The number of halogens is 2. The van der Waals surface area contributed by atoms with Crippen molar-refractivity contribution < 1.29 is 14.6 Å². The monoisotopic (exact) mass is 316 g/mol. The second-order valence-electron chi connectivity index (χ2n) is 5.51. The van der Waals surface area contributed by atoms with Gasteiger partial charge in [-0.2, -0.15) is 0 Å². The molecule has 0 radical (unpaired) electrons. The van der Waals surface area contributed by atoms with Crippen LogP contribution < -0.4 is 0 Å². The molecule has 5 heteroatoms. The fourth-order valence-corrected chi connectivity index (χ4v) is 3.64. The summed E-state index contributed by atoms with van der Waals surface area (Å²) >= 11 is 12.2. The first-order valence-electron chi connectivity index (χ1n) is 7.05. The molecule has 110 valence electrons. The Balaban J connectivity index is 1.88. The number of hydrogen-bond donors (Lipinski definition) is 1. The normalized spacial score (nSPS) is 28.9. The highest BCUT2D eigenvalue weighted by Crippen LogP contribution is 2.47. The first kappa shape index (κ1) is 14.6. The number of rotatable bonds is 2. The Morgan fingerprint density at radius 2 is 1.90 bits per heavy atom. The van der Waals surface area contributed by atoms with Gasteiger partial charge >= 0.3 is 0 Å². The van der Waals surface area contributed by atoms with Crippen molar-refractivity contribution in [3.63, 3.8) is 0 Å². The average molecular weight is 317 g/mol. The maximum atomic E-state index is 9.58. The Morgan fingerprint density at radius 1 is 1.15 bits per heavy atom. The number of benzene rings is 1. The summed E-state index contributed by atoms with van der Waals surface area (Å²) in [4.78, 5) is 0. The molecule has 0 aromatic heterocycles. The molecule has 1 saturated heterocycles. The fraction of sp³-hybridized carbons (Fsp3) is 0.600. The summed E-state index contributed by atoms with van der Waals surface area (Å²) in [5.74, 6) is -0.542. The molecule has 1 spiro atoms. The van der Waals surface area contributed by atoms with E-state index in [-0.39, 0.29) is 18.8 Å². The van der Waals surface area contributed by atoms with Gasteiger partial charge in [-0.25, -0.2) is 0 Å². The second kappa shape index (κ2) is 5.82. The third-order valence-electron chi connectivity index (χ3n) is 4.11. The van der Waals surface area contributed by atoms with Gasteiger partial charge < -0.3 is 14.6 Å². The van der Waals surface area contributed by atoms with Crippen LogP contribution in [0.3, 0.4) is 0 Å². The van der Waals surface area contributed by atoms with Crippen LogP contribution in [0.4, 0.5) is 0 Å². The van der Waals surface area contributed by atoms with E-state index in [0.717, 1.165) is 31.2 Å². The van der Waals surface area contributed by atoms with Gasteiger partial charge in [-0.1, -0.05) is 35.7 Å². The number of aliphatic hydroxyl groups is 1. The Labute approximate surface area is 128 Å². The smallest absolute Gasteiger partial charge is 0.169 e. The van der Waals surface area contributed by atoms with Gasteiger partial charge in [0.25, 0.3) is 0 Å². The van der Waals surface area contributed by atoms with Crippen LogP contribution in [-0.2, 0) is 9.47 Å². The zero-order valence-electron chi connectivity index (χ0n) is 11.1. The predicted octanol–water partition coefficient (Wildman–Crippen LogP) is 4.10. The van der Waals surface area contributed by atoms with Crippen LogP contribution in [0.25, 0.3) is 0 Å². The van der Waals surface area contributed by atoms with Crippen molar-refractivity contribution in [3.8, 4) is 0 Å². The van der Waals surface area contributed by atoms with Crippen LogP contribution in [0.15, 0.2) is 18.2 Å². The summed E-state index contributed by atoms with van der Waals surface area (Å²) < 4.78 is 12.2. The summed E-state index contributed by atoms with van der Waals surface area (Å²) in [6.45, 7) is -0.0780. The minimum Gasteiger partial charge on any atom is -0.394 e. The van der Waals surface area contributed by atoms with Crippen LogP contribution in [0.5, 0.6) is 0 Å². The zero-order valence-corrected chi connectivity index (χ0v) is 12.7. The maximum Gasteiger partial charge on any atom is 0.169 e. The highest BCUT2D eigenvalue weighted by molar-refractivity contribution is 6.35. The van der Waals surface area contributed by atoms with Crippen molar-refractivity contribution in [2.75, 3.05) is 6.61 Å². The van der Waals surface area contributed by atoms with Crippen LogP contribution in [0.2, 0.25) is 10.0 Å². The molecule has 20 heavy (non-hydrogen) atoms. The predicted molar refractivity (Wildman–Crippen MR) is 78.1 cm³/mol. The van der Waals surface area contributed by atoms with Gasteiger partial charge in [-0.3, -0.25) is 0 Å². The van der Waals surface area contributed by atoms with E-state index in [9.17, 15) is 5.11 Å².